The van der Waals surface area contributed by atoms with Gasteiger partial charge < -0.3 is 15.3 Å². The molecule has 0 saturated carbocycles. The number of amides is 1. The Morgan fingerprint density at radius 1 is 1.48 bits per heavy atom. The largest absolute Gasteiger partial charge is 0.390 e. The molecule has 1 aromatic rings. The summed E-state index contributed by atoms with van der Waals surface area (Å²) in [6, 6.07) is 7.39. The van der Waals surface area contributed by atoms with E-state index in [2.05, 4.69) is 12.2 Å². The molecule has 2 atom stereocenters. The van der Waals surface area contributed by atoms with Crippen LogP contribution in [0, 0.1) is 5.92 Å². The van der Waals surface area contributed by atoms with Crippen molar-refractivity contribution in [2.75, 3.05) is 30.8 Å². The molecule has 1 aromatic carbocycles. The molecule has 1 fully saturated rings. The van der Waals surface area contributed by atoms with Gasteiger partial charge in [0.25, 0.3) is 5.91 Å². The van der Waals surface area contributed by atoms with Crippen LogP contribution in [0.4, 0.5) is 5.69 Å². The molecule has 1 amide bonds. The maximum absolute atomic E-state index is 12.4. The Bertz CT molecular complexity index is 464. The van der Waals surface area contributed by atoms with E-state index in [-0.39, 0.29) is 11.8 Å². The fraction of sp³-hybridized carbons (Fsp3) is 0.562. The molecule has 21 heavy (non-hydrogen) atoms. The van der Waals surface area contributed by atoms with E-state index in [4.69, 9.17) is 11.6 Å². The van der Waals surface area contributed by atoms with Crippen LogP contribution in [0.15, 0.2) is 24.3 Å². The summed E-state index contributed by atoms with van der Waals surface area (Å²) in [4.78, 5) is 14.4. The Kier molecular flexibility index (Phi) is 5.88. The Morgan fingerprint density at radius 2 is 2.19 bits per heavy atom. The second-order valence-corrected chi connectivity index (χ2v) is 6.07. The van der Waals surface area contributed by atoms with E-state index >= 15 is 0 Å². The number of benzene rings is 1. The van der Waals surface area contributed by atoms with Gasteiger partial charge in [-0.1, -0.05) is 6.92 Å². The van der Waals surface area contributed by atoms with E-state index < -0.39 is 6.10 Å². The molecule has 116 valence electrons. The Hall–Kier alpha value is -1.26. The molecule has 1 aliphatic heterocycles. The molecule has 1 saturated heterocycles. The van der Waals surface area contributed by atoms with Crippen molar-refractivity contribution in [3.63, 3.8) is 0 Å². The van der Waals surface area contributed by atoms with Crippen molar-refractivity contribution in [3.8, 4) is 0 Å². The number of nitrogens with zero attached hydrogens (tertiary/aromatic N) is 1. The van der Waals surface area contributed by atoms with Crippen LogP contribution in [0.2, 0.25) is 0 Å². The van der Waals surface area contributed by atoms with E-state index in [0.29, 0.717) is 18.0 Å². The number of nitrogens with one attached hydrogen (secondary N) is 1. The lowest BCUT2D eigenvalue weighted by molar-refractivity contribution is 0.0683. The molecule has 0 bridgehead atoms. The molecule has 5 heteroatoms. The van der Waals surface area contributed by atoms with Crippen LogP contribution in [0.1, 0.15) is 30.1 Å². The fourth-order valence-corrected chi connectivity index (χ4v) is 2.69. The average Bonchev–Trinajstić information content (AvgIpc) is 2.52. The zero-order chi connectivity index (χ0) is 15.2. The molecular formula is C16H23ClN2O2. The molecule has 4 nitrogen and oxygen atoms in total. The number of aliphatic hydroxyl groups excluding tert-OH is 1. The van der Waals surface area contributed by atoms with Crippen molar-refractivity contribution in [1.29, 1.82) is 0 Å². The van der Waals surface area contributed by atoms with Gasteiger partial charge in [-0.05, 0) is 43.0 Å². The highest BCUT2D eigenvalue weighted by atomic mass is 35.5. The number of carbonyl (C=O) groups excluding carboxylic acids is 1. The molecule has 0 aliphatic carbocycles. The van der Waals surface area contributed by atoms with Crippen LogP contribution in [-0.2, 0) is 0 Å². The topological polar surface area (TPSA) is 52.6 Å². The van der Waals surface area contributed by atoms with Gasteiger partial charge in [0.05, 0.1) is 12.0 Å². The number of alkyl halides is 1. The standard InChI is InChI=1S/C16H23ClN2O2/c1-12-3-2-8-19(11-12)16(21)13-4-6-14(7-5-13)18-10-15(20)9-17/h4-7,12,15,18,20H,2-3,8-11H2,1H3. The zero-order valence-electron chi connectivity index (χ0n) is 12.4. The highest BCUT2D eigenvalue weighted by Crippen LogP contribution is 2.19. The minimum absolute atomic E-state index is 0.105. The van der Waals surface area contributed by atoms with Crippen LogP contribution in [0.5, 0.6) is 0 Å². The van der Waals surface area contributed by atoms with Gasteiger partial charge in [0.2, 0.25) is 0 Å². The number of hydrogen-bond acceptors (Lipinski definition) is 3. The fourth-order valence-electron chi connectivity index (χ4n) is 2.58. The van der Waals surface area contributed by atoms with Gasteiger partial charge in [-0.15, -0.1) is 11.6 Å². The predicted molar refractivity (Wildman–Crippen MR) is 86.0 cm³/mol. The van der Waals surface area contributed by atoms with Crippen molar-refractivity contribution < 1.29 is 9.90 Å². The average molecular weight is 311 g/mol. The Labute approximate surface area is 131 Å². The van der Waals surface area contributed by atoms with E-state index in [0.717, 1.165) is 25.2 Å². The van der Waals surface area contributed by atoms with Crippen molar-refractivity contribution >= 4 is 23.2 Å². The maximum Gasteiger partial charge on any atom is 0.253 e. The second-order valence-electron chi connectivity index (χ2n) is 5.76. The lowest BCUT2D eigenvalue weighted by atomic mass is 9.99. The number of hydrogen-bond donors (Lipinski definition) is 2. The minimum atomic E-state index is -0.567. The monoisotopic (exact) mass is 310 g/mol. The van der Waals surface area contributed by atoms with E-state index in [1.807, 2.05) is 29.2 Å². The first kappa shape index (κ1) is 16.1. The molecule has 2 N–H and O–H groups in total. The number of piperidine rings is 1. The van der Waals surface area contributed by atoms with Crippen LogP contribution in [-0.4, -0.2) is 47.5 Å². The summed E-state index contributed by atoms with van der Waals surface area (Å²) in [7, 11) is 0. The Balaban J connectivity index is 1.93. The summed E-state index contributed by atoms with van der Waals surface area (Å²) in [6.07, 6.45) is 1.72. The van der Waals surface area contributed by atoms with Crippen molar-refractivity contribution in [2.45, 2.75) is 25.9 Å². The van der Waals surface area contributed by atoms with Crippen molar-refractivity contribution in [2.24, 2.45) is 5.92 Å². The summed E-state index contributed by atoms with van der Waals surface area (Å²) in [5, 5.41) is 12.5. The lowest BCUT2D eigenvalue weighted by Crippen LogP contribution is -2.39. The molecule has 2 rings (SSSR count). The second kappa shape index (κ2) is 7.66. The third-order valence-corrected chi connectivity index (χ3v) is 4.15. The number of halogens is 1. The van der Waals surface area contributed by atoms with Gasteiger partial charge in [0, 0.05) is 30.9 Å². The van der Waals surface area contributed by atoms with Crippen molar-refractivity contribution in [3.05, 3.63) is 29.8 Å². The van der Waals surface area contributed by atoms with Gasteiger partial charge in [0.1, 0.15) is 0 Å². The smallest absolute Gasteiger partial charge is 0.253 e. The molecule has 0 spiro atoms. The van der Waals surface area contributed by atoms with Gasteiger partial charge in [-0.3, -0.25) is 4.79 Å². The van der Waals surface area contributed by atoms with Crippen molar-refractivity contribution in [1.82, 2.24) is 4.90 Å². The lowest BCUT2D eigenvalue weighted by Gasteiger charge is -2.31. The summed E-state index contributed by atoms with van der Waals surface area (Å²) < 4.78 is 0. The van der Waals surface area contributed by atoms with Gasteiger partial charge in [-0.2, -0.15) is 0 Å². The zero-order valence-corrected chi connectivity index (χ0v) is 13.1. The highest BCUT2D eigenvalue weighted by Gasteiger charge is 2.21. The molecule has 1 heterocycles. The van der Waals surface area contributed by atoms with Crippen LogP contribution in [0.3, 0.4) is 0 Å². The minimum Gasteiger partial charge on any atom is -0.390 e. The van der Waals surface area contributed by atoms with E-state index in [1.165, 1.54) is 6.42 Å². The summed E-state index contributed by atoms with van der Waals surface area (Å²) in [5.41, 5.74) is 1.59. The van der Waals surface area contributed by atoms with Gasteiger partial charge in [-0.25, -0.2) is 0 Å². The Morgan fingerprint density at radius 3 is 2.81 bits per heavy atom. The predicted octanol–water partition coefficient (Wildman–Crippen LogP) is 2.57. The normalized spacial score (nSPS) is 20.1. The SMILES string of the molecule is CC1CCCN(C(=O)c2ccc(NCC(O)CCl)cc2)C1. The number of rotatable bonds is 5. The van der Waals surface area contributed by atoms with E-state index in [1.54, 1.807) is 0 Å². The first-order chi connectivity index (χ1) is 10.1. The number of likely N-dealkylation sites (tertiary alicyclic amines) is 1. The van der Waals surface area contributed by atoms with Crippen LogP contribution < -0.4 is 5.32 Å². The number of anilines is 1. The third kappa shape index (κ3) is 4.61. The van der Waals surface area contributed by atoms with Crippen LogP contribution >= 0.6 is 11.6 Å². The molecule has 0 aromatic heterocycles. The number of carbonyl (C=O) groups is 1. The summed E-state index contributed by atoms with van der Waals surface area (Å²) >= 11 is 5.54. The van der Waals surface area contributed by atoms with E-state index in [9.17, 15) is 9.90 Å². The quantitative estimate of drug-likeness (QED) is 0.822. The van der Waals surface area contributed by atoms with Gasteiger partial charge in [0.15, 0.2) is 0 Å². The first-order valence-electron chi connectivity index (χ1n) is 7.47. The number of aliphatic hydroxyl groups is 1. The summed E-state index contributed by atoms with van der Waals surface area (Å²) in [6.45, 7) is 4.29. The van der Waals surface area contributed by atoms with Gasteiger partial charge >= 0.3 is 0 Å². The molecule has 0 radical (unpaired) electrons. The first-order valence-corrected chi connectivity index (χ1v) is 8.01. The molecular weight excluding hydrogens is 288 g/mol. The molecule has 1 aliphatic rings. The third-order valence-electron chi connectivity index (χ3n) is 3.80. The molecule has 2 unspecified atom stereocenters. The highest BCUT2D eigenvalue weighted by molar-refractivity contribution is 6.18. The van der Waals surface area contributed by atoms with Crippen LogP contribution in [0.25, 0.3) is 0 Å². The summed E-state index contributed by atoms with van der Waals surface area (Å²) in [5.74, 6) is 0.894. The maximum atomic E-state index is 12.4.